The number of aromatic nitrogens is 1. The molecular weight excluding hydrogens is 431 g/mol. The highest BCUT2D eigenvalue weighted by atomic mass is 35.5. The van der Waals surface area contributed by atoms with Crippen LogP contribution in [-0.4, -0.2) is 43.0 Å². The third-order valence-electron chi connectivity index (χ3n) is 3.52. The van der Waals surface area contributed by atoms with E-state index in [0.717, 1.165) is 0 Å². The van der Waals surface area contributed by atoms with Crippen LogP contribution in [0.3, 0.4) is 0 Å². The quantitative estimate of drug-likeness (QED) is 0.635. The molecule has 2 amide bonds. The second-order valence-electron chi connectivity index (χ2n) is 5.68. The van der Waals surface area contributed by atoms with Crippen LogP contribution in [0.2, 0.25) is 5.02 Å². The smallest absolute Gasteiger partial charge is 0.417 e. The number of ether oxygens (including phenoxy) is 2. The highest BCUT2D eigenvalue weighted by Crippen LogP contribution is 2.32. The van der Waals surface area contributed by atoms with Crippen LogP contribution in [0.15, 0.2) is 36.5 Å². The van der Waals surface area contributed by atoms with Gasteiger partial charge in [-0.05, 0) is 24.3 Å². The number of nitrogens with one attached hydrogen (secondary N) is 2. The van der Waals surface area contributed by atoms with Crippen molar-refractivity contribution < 1.29 is 37.0 Å². The van der Waals surface area contributed by atoms with Gasteiger partial charge in [0.25, 0.3) is 11.8 Å². The number of carbonyl (C=O) groups excluding carboxylic acids is 3. The van der Waals surface area contributed by atoms with Crippen LogP contribution < -0.4 is 15.4 Å². The van der Waals surface area contributed by atoms with Gasteiger partial charge >= 0.3 is 12.1 Å². The Kier molecular flexibility index (Phi) is 7.59. The molecule has 0 aliphatic rings. The topological polar surface area (TPSA) is 107 Å². The van der Waals surface area contributed by atoms with E-state index in [-0.39, 0.29) is 11.4 Å². The van der Waals surface area contributed by atoms with Crippen molar-refractivity contribution in [1.82, 2.24) is 10.3 Å². The Morgan fingerprint density at radius 2 is 1.93 bits per heavy atom. The van der Waals surface area contributed by atoms with Gasteiger partial charge < -0.3 is 20.1 Å². The van der Waals surface area contributed by atoms with Crippen LogP contribution in [-0.2, 0) is 20.5 Å². The van der Waals surface area contributed by atoms with Crippen molar-refractivity contribution in [1.29, 1.82) is 0 Å². The zero-order valence-corrected chi connectivity index (χ0v) is 16.1. The maximum absolute atomic E-state index is 12.6. The average Bonchev–Trinajstić information content (AvgIpc) is 2.71. The lowest BCUT2D eigenvalue weighted by Gasteiger charge is -2.10. The number of halogens is 4. The van der Waals surface area contributed by atoms with E-state index in [1.807, 2.05) is 0 Å². The molecule has 0 bridgehead atoms. The van der Waals surface area contributed by atoms with E-state index in [1.54, 1.807) is 12.1 Å². The summed E-state index contributed by atoms with van der Waals surface area (Å²) in [5, 5.41) is 4.00. The van der Waals surface area contributed by atoms with Gasteiger partial charge in [0.15, 0.2) is 12.4 Å². The van der Waals surface area contributed by atoms with Crippen molar-refractivity contribution in [2.24, 2.45) is 0 Å². The van der Waals surface area contributed by atoms with E-state index in [4.69, 9.17) is 16.3 Å². The molecule has 0 radical (unpaired) electrons. The van der Waals surface area contributed by atoms with E-state index in [1.165, 1.54) is 19.2 Å². The van der Waals surface area contributed by atoms with Crippen molar-refractivity contribution in [3.05, 3.63) is 52.7 Å². The van der Waals surface area contributed by atoms with Crippen LogP contribution in [0.1, 0.15) is 15.9 Å². The molecule has 0 saturated carbocycles. The average molecular weight is 446 g/mol. The monoisotopic (exact) mass is 445 g/mol. The summed E-state index contributed by atoms with van der Waals surface area (Å²) in [4.78, 5) is 38.8. The Hall–Kier alpha value is -3.34. The predicted molar refractivity (Wildman–Crippen MR) is 99.2 cm³/mol. The van der Waals surface area contributed by atoms with Crippen molar-refractivity contribution in [3.63, 3.8) is 0 Å². The number of nitrogens with zero attached hydrogens (tertiary/aromatic N) is 1. The van der Waals surface area contributed by atoms with Gasteiger partial charge in [-0.2, -0.15) is 13.2 Å². The minimum absolute atomic E-state index is 0.253. The van der Waals surface area contributed by atoms with Gasteiger partial charge in [-0.15, -0.1) is 0 Å². The molecule has 0 saturated heterocycles. The molecule has 160 valence electrons. The second-order valence-corrected chi connectivity index (χ2v) is 6.08. The molecule has 1 aromatic heterocycles. The lowest BCUT2D eigenvalue weighted by atomic mass is 10.2. The number of esters is 1. The number of benzene rings is 1. The van der Waals surface area contributed by atoms with Crippen molar-refractivity contribution >= 4 is 35.2 Å². The minimum Gasteiger partial charge on any atom is -0.497 e. The molecule has 0 fully saturated rings. The first-order chi connectivity index (χ1) is 14.1. The molecule has 1 aromatic carbocycles. The van der Waals surface area contributed by atoms with Gasteiger partial charge in [-0.25, -0.2) is 4.98 Å². The summed E-state index contributed by atoms with van der Waals surface area (Å²) in [6.07, 6.45) is -4.13. The predicted octanol–water partition coefficient (Wildman–Crippen LogP) is 2.67. The number of rotatable bonds is 7. The normalized spacial score (nSPS) is 10.8. The fourth-order valence-electron chi connectivity index (χ4n) is 2.07. The number of hydrogen-bond acceptors (Lipinski definition) is 6. The second kappa shape index (κ2) is 9.92. The van der Waals surface area contributed by atoms with Gasteiger partial charge in [0.1, 0.15) is 12.3 Å². The molecule has 1 heterocycles. The first-order valence-electron chi connectivity index (χ1n) is 8.20. The van der Waals surface area contributed by atoms with Crippen LogP contribution in [0.4, 0.5) is 19.0 Å². The molecule has 8 nitrogen and oxygen atoms in total. The largest absolute Gasteiger partial charge is 0.497 e. The molecule has 2 N–H and O–H groups in total. The number of methoxy groups -OCH3 is 1. The van der Waals surface area contributed by atoms with E-state index in [0.29, 0.717) is 18.0 Å². The number of carbonyl (C=O) groups is 3. The SMILES string of the molecule is COc1cccc(C(=O)NCC(=O)OCC(=O)Nc2ncc(C(F)(F)F)cc2Cl)c1. The fourth-order valence-corrected chi connectivity index (χ4v) is 2.28. The molecule has 12 heteroatoms. The number of hydrogen-bond donors (Lipinski definition) is 2. The summed E-state index contributed by atoms with van der Waals surface area (Å²) in [6, 6.07) is 6.81. The molecule has 30 heavy (non-hydrogen) atoms. The zero-order valence-electron chi connectivity index (χ0n) is 15.4. The van der Waals surface area contributed by atoms with Crippen LogP contribution in [0, 0.1) is 0 Å². The summed E-state index contributed by atoms with van der Waals surface area (Å²) in [5.74, 6) is -2.21. The van der Waals surface area contributed by atoms with Gasteiger partial charge in [-0.3, -0.25) is 14.4 Å². The van der Waals surface area contributed by atoms with Crippen molar-refractivity contribution in [2.45, 2.75) is 6.18 Å². The van der Waals surface area contributed by atoms with Crippen LogP contribution in [0.25, 0.3) is 0 Å². The number of anilines is 1. The Morgan fingerprint density at radius 1 is 1.20 bits per heavy atom. The highest BCUT2D eigenvalue weighted by molar-refractivity contribution is 6.33. The van der Waals surface area contributed by atoms with Crippen molar-refractivity contribution in [3.8, 4) is 5.75 Å². The van der Waals surface area contributed by atoms with Crippen LogP contribution in [0.5, 0.6) is 5.75 Å². The Balaban J connectivity index is 1.80. The lowest BCUT2D eigenvalue weighted by Crippen LogP contribution is -2.32. The van der Waals surface area contributed by atoms with E-state index in [9.17, 15) is 27.6 Å². The minimum atomic E-state index is -4.63. The van der Waals surface area contributed by atoms with E-state index >= 15 is 0 Å². The van der Waals surface area contributed by atoms with Crippen molar-refractivity contribution in [2.75, 3.05) is 25.6 Å². The molecule has 2 rings (SSSR count). The van der Waals surface area contributed by atoms with E-state index < -0.39 is 47.7 Å². The van der Waals surface area contributed by atoms with Gasteiger partial charge in [0.2, 0.25) is 0 Å². The fraction of sp³-hybridized carbons (Fsp3) is 0.222. The Morgan fingerprint density at radius 3 is 2.57 bits per heavy atom. The summed E-state index contributed by atoms with van der Waals surface area (Å²) < 4.78 is 47.4. The summed E-state index contributed by atoms with van der Waals surface area (Å²) in [5.41, 5.74) is -0.827. The molecule has 0 aliphatic carbocycles. The van der Waals surface area contributed by atoms with Crippen LogP contribution >= 0.6 is 11.6 Å². The van der Waals surface area contributed by atoms with E-state index in [2.05, 4.69) is 20.4 Å². The third-order valence-corrected chi connectivity index (χ3v) is 3.80. The molecule has 2 aromatic rings. The Labute approximate surface area is 173 Å². The molecule has 0 atom stereocenters. The number of alkyl halides is 3. The summed E-state index contributed by atoms with van der Waals surface area (Å²) >= 11 is 5.67. The lowest BCUT2D eigenvalue weighted by molar-refractivity contribution is -0.146. The number of pyridine rings is 1. The molecular formula is C18H15ClF3N3O5. The maximum atomic E-state index is 12.6. The zero-order chi connectivity index (χ0) is 22.3. The Bertz CT molecular complexity index is 953. The number of amides is 2. The third kappa shape index (κ3) is 6.62. The molecule has 0 aliphatic heterocycles. The summed E-state index contributed by atoms with van der Waals surface area (Å²) in [6.45, 7) is -1.27. The van der Waals surface area contributed by atoms with Gasteiger partial charge in [0, 0.05) is 11.8 Å². The maximum Gasteiger partial charge on any atom is 0.417 e. The first-order valence-corrected chi connectivity index (χ1v) is 8.58. The van der Waals surface area contributed by atoms with Gasteiger partial charge in [0.05, 0.1) is 17.7 Å². The first kappa shape index (κ1) is 22.9. The molecule has 0 unspecified atom stereocenters. The standard InChI is InChI=1S/C18H15ClF3N3O5/c1-29-12-4-2-3-10(5-12)17(28)24-8-15(27)30-9-14(26)25-16-13(19)6-11(7-23-16)18(20,21)22/h2-7H,8-9H2,1H3,(H,24,28)(H,23,25,26). The summed E-state index contributed by atoms with van der Waals surface area (Å²) in [7, 11) is 1.44. The molecule has 0 spiro atoms. The van der Waals surface area contributed by atoms with Gasteiger partial charge in [-0.1, -0.05) is 17.7 Å². The highest BCUT2D eigenvalue weighted by Gasteiger charge is 2.31.